The summed E-state index contributed by atoms with van der Waals surface area (Å²) in [6, 6.07) is 5.50. The second-order valence-electron chi connectivity index (χ2n) is 6.96. The molecule has 0 aliphatic carbocycles. The molecule has 1 aliphatic heterocycles. The van der Waals surface area contributed by atoms with Crippen molar-refractivity contribution in [3.8, 4) is 0 Å². The molecule has 2 aromatic rings. The van der Waals surface area contributed by atoms with Crippen LogP contribution in [0.3, 0.4) is 0 Å². The molecule has 2 aromatic heterocycles. The minimum atomic E-state index is 0.564. The van der Waals surface area contributed by atoms with E-state index in [9.17, 15) is 0 Å². The van der Waals surface area contributed by atoms with Gasteiger partial charge in [-0.2, -0.15) is 0 Å². The van der Waals surface area contributed by atoms with E-state index in [1.807, 2.05) is 12.4 Å². The number of hydrogen-bond acceptors (Lipinski definition) is 4. The van der Waals surface area contributed by atoms with Crippen LogP contribution in [0.25, 0.3) is 0 Å². The maximum absolute atomic E-state index is 4.56. The van der Waals surface area contributed by atoms with Gasteiger partial charge in [0.2, 0.25) is 0 Å². The van der Waals surface area contributed by atoms with Gasteiger partial charge in [-0.25, -0.2) is 4.98 Å². The molecule has 23 heavy (non-hydrogen) atoms. The highest BCUT2D eigenvalue weighted by atomic mass is 32.1. The van der Waals surface area contributed by atoms with Crippen molar-refractivity contribution in [3.05, 3.63) is 41.2 Å². The van der Waals surface area contributed by atoms with E-state index in [0.29, 0.717) is 12.1 Å². The molecule has 0 spiro atoms. The van der Waals surface area contributed by atoms with Gasteiger partial charge in [-0.05, 0) is 70.4 Å². The number of aryl methyl sites for hydroxylation is 2. The maximum atomic E-state index is 4.56. The zero-order chi connectivity index (χ0) is 16.2. The third kappa shape index (κ3) is 4.11. The van der Waals surface area contributed by atoms with E-state index in [1.54, 1.807) is 11.3 Å². The van der Waals surface area contributed by atoms with Gasteiger partial charge in [-0.3, -0.25) is 4.98 Å². The molecule has 0 amide bonds. The van der Waals surface area contributed by atoms with E-state index in [1.165, 1.54) is 42.1 Å². The Morgan fingerprint density at radius 3 is 2.74 bits per heavy atom. The van der Waals surface area contributed by atoms with Crippen molar-refractivity contribution in [2.24, 2.45) is 5.92 Å². The van der Waals surface area contributed by atoms with Crippen LogP contribution in [0.1, 0.15) is 50.8 Å². The molecular weight excluding hydrogens is 302 g/mol. The number of rotatable bonds is 4. The van der Waals surface area contributed by atoms with Gasteiger partial charge in [0.25, 0.3) is 0 Å². The number of hydrogen-bond donors (Lipinski definition) is 0. The van der Waals surface area contributed by atoms with E-state index in [4.69, 9.17) is 0 Å². The molecule has 1 aliphatic rings. The number of nitrogens with zero attached hydrogens (tertiary/aromatic N) is 3. The van der Waals surface area contributed by atoms with Gasteiger partial charge in [-0.1, -0.05) is 6.07 Å². The van der Waals surface area contributed by atoms with Crippen LogP contribution in [0.5, 0.6) is 0 Å². The largest absolute Gasteiger partial charge is 0.343 e. The molecule has 0 bridgehead atoms. The Morgan fingerprint density at radius 2 is 2.04 bits per heavy atom. The quantitative estimate of drug-likeness (QED) is 0.802. The fraction of sp³-hybridized carbons (Fsp3) is 0.579. The van der Waals surface area contributed by atoms with Gasteiger partial charge in [0, 0.05) is 35.6 Å². The molecule has 0 N–H and O–H groups in total. The Balaban J connectivity index is 1.61. The Morgan fingerprint density at radius 1 is 1.17 bits per heavy atom. The second kappa shape index (κ2) is 7.43. The fourth-order valence-corrected chi connectivity index (χ4v) is 4.59. The Labute approximate surface area is 143 Å². The van der Waals surface area contributed by atoms with E-state index < -0.39 is 0 Å². The van der Waals surface area contributed by atoms with Crippen LogP contribution in [0.2, 0.25) is 0 Å². The van der Waals surface area contributed by atoms with Crippen molar-refractivity contribution in [1.82, 2.24) is 9.97 Å². The number of pyridine rings is 1. The van der Waals surface area contributed by atoms with Crippen molar-refractivity contribution in [1.29, 1.82) is 0 Å². The highest BCUT2D eigenvalue weighted by molar-refractivity contribution is 7.13. The normalized spacial score (nSPS) is 25.3. The molecule has 3 atom stereocenters. The lowest BCUT2D eigenvalue weighted by atomic mass is 9.91. The lowest BCUT2D eigenvalue weighted by molar-refractivity contribution is 0.410. The molecule has 0 radical (unpaired) electrons. The molecule has 1 unspecified atom stereocenters. The van der Waals surface area contributed by atoms with Gasteiger partial charge >= 0.3 is 0 Å². The molecular formula is C19H27N3S. The first-order chi connectivity index (χ1) is 11.1. The Hall–Kier alpha value is -1.42. The van der Waals surface area contributed by atoms with Crippen LogP contribution in [0, 0.1) is 12.8 Å². The SMILES string of the molecule is Cc1ccc(CCC2CC[C@@H](C)N(c3nccs3)[C@@H](C)C2)nc1. The van der Waals surface area contributed by atoms with Crippen LogP contribution in [0.15, 0.2) is 29.9 Å². The summed E-state index contributed by atoms with van der Waals surface area (Å²) in [5, 5.41) is 3.27. The minimum absolute atomic E-state index is 0.564. The fourth-order valence-electron chi connectivity index (χ4n) is 3.75. The van der Waals surface area contributed by atoms with Crippen LogP contribution < -0.4 is 4.90 Å². The summed E-state index contributed by atoms with van der Waals surface area (Å²) in [7, 11) is 0. The second-order valence-corrected chi connectivity index (χ2v) is 7.84. The number of aromatic nitrogens is 2. The zero-order valence-corrected chi connectivity index (χ0v) is 15.2. The highest BCUT2D eigenvalue weighted by Crippen LogP contribution is 2.33. The van der Waals surface area contributed by atoms with Crippen molar-refractivity contribution < 1.29 is 0 Å². The molecule has 0 saturated carbocycles. The number of thiazole rings is 1. The first kappa shape index (κ1) is 16.4. The zero-order valence-electron chi connectivity index (χ0n) is 14.4. The molecule has 3 rings (SSSR count). The molecule has 0 aromatic carbocycles. The van der Waals surface area contributed by atoms with Gasteiger partial charge in [0.15, 0.2) is 5.13 Å². The summed E-state index contributed by atoms with van der Waals surface area (Å²) in [5.74, 6) is 0.792. The van der Waals surface area contributed by atoms with Gasteiger partial charge in [-0.15, -0.1) is 11.3 Å². The highest BCUT2D eigenvalue weighted by Gasteiger charge is 2.29. The van der Waals surface area contributed by atoms with Gasteiger partial charge in [0.1, 0.15) is 0 Å². The average molecular weight is 330 g/mol. The first-order valence-corrected chi connectivity index (χ1v) is 9.61. The first-order valence-electron chi connectivity index (χ1n) is 8.73. The monoisotopic (exact) mass is 329 g/mol. The summed E-state index contributed by atoms with van der Waals surface area (Å²) in [5.41, 5.74) is 2.47. The summed E-state index contributed by atoms with van der Waals surface area (Å²) in [6.07, 6.45) is 10.1. The van der Waals surface area contributed by atoms with Gasteiger partial charge < -0.3 is 4.90 Å². The third-order valence-electron chi connectivity index (χ3n) is 5.04. The summed E-state index contributed by atoms with van der Waals surface area (Å²) in [4.78, 5) is 11.6. The Kier molecular flexibility index (Phi) is 5.31. The molecule has 1 saturated heterocycles. The molecule has 3 nitrogen and oxygen atoms in total. The Bertz CT molecular complexity index is 594. The van der Waals surface area contributed by atoms with E-state index >= 15 is 0 Å². The summed E-state index contributed by atoms with van der Waals surface area (Å²) in [6.45, 7) is 6.81. The molecule has 124 valence electrons. The van der Waals surface area contributed by atoms with Crippen LogP contribution in [-0.2, 0) is 6.42 Å². The topological polar surface area (TPSA) is 29.0 Å². The smallest absolute Gasteiger partial charge is 0.185 e. The molecule has 3 heterocycles. The summed E-state index contributed by atoms with van der Waals surface area (Å²) >= 11 is 1.76. The average Bonchev–Trinajstić information content (AvgIpc) is 3.01. The van der Waals surface area contributed by atoms with Crippen LogP contribution >= 0.6 is 11.3 Å². The van der Waals surface area contributed by atoms with Gasteiger partial charge in [0.05, 0.1) is 0 Å². The lowest BCUT2D eigenvalue weighted by Gasteiger charge is -2.32. The maximum Gasteiger partial charge on any atom is 0.185 e. The molecule has 4 heteroatoms. The van der Waals surface area contributed by atoms with Crippen molar-refractivity contribution in [2.75, 3.05) is 4.90 Å². The predicted octanol–water partition coefficient (Wildman–Crippen LogP) is 4.86. The van der Waals surface area contributed by atoms with E-state index in [-0.39, 0.29) is 0 Å². The van der Waals surface area contributed by atoms with Crippen LogP contribution in [0.4, 0.5) is 5.13 Å². The van der Waals surface area contributed by atoms with Crippen molar-refractivity contribution >= 4 is 16.5 Å². The summed E-state index contributed by atoms with van der Waals surface area (Å²) < 4.78 is 0. The predicted molar refractivity (Wildman–Crippen MR) is 98.2 cm³/mol. The van der Waals surface area contributed by atoms with E-state index in [2.05, 4.69) is 53.2 Å². The lowest BCUT2D eigenvalue weighted by Crippen LogP contribution is -2.39. The minimum Gasteiger partial charge on any atom is -0.343 e. The van der Waals surface area contributed by atoms with Crippen molar-refractivity contribution in [3.63, 3.8) is 0 Å². The van der Waals surface area contributed by atoms with E-state index in [0.717, 1.165) is 12.3 Å². The van der Waals surface area contributed by atoms with Crippen LogP contribution in [-0.4, -0.2) is 22.1 Å². The standard InChI is InChI=1S/C19H27N3S/c1-14-4-8-18(21-13-14)9-7-17-6-5-15(2)22(16(3)12-17)19-20-10-11-23-19/h4,8,10-11,13,15-17H,5-7,9,12H2,1-3H3/t15-,16+,17?/m1/s1. The van der Waals surface area contributed by atoms with Crippen molar-refractivity contribution in [2.45, 2.75) is 65.0 Å². The molecule has 1 fully saturated rings. The number of anilines is 1. The third-order valence-corrected chi connectivity index (χ3v) is 5.82.